The van der Waals surface area contributed by atoms with Crippen molar-refractivity contribution in [2.75, 3.05) is 0 Å². The lowest BCUT2D eigenvalue weighted by Gasteiger charge is -2.31. The number of hydrogen-bond donors (Lipinski definition) is 0. The van der Waals surface area contributed by atoms with Crippen LogP contribution in [0.3, 0.4) is 0 Å². The van der Waals surface area contributed by atoms with Gasteiger partial charge in [-0.25, -0.2) is 0 Å². The van der Waals surface area contributed by atoms with Gasteiger partial charge in [0.2, 0.25) is 0 Å². The summed E-state index contributed by atoms with van der Waals surface area (Å²) < 4.78 is 31.2. The Balaban J connectivity index is 1.50. The largest absolute Gasteiger partial charge is 0.371 e. The van der Waals surface area contributed by atoms with Crippen molar-refractivity contribution in [3.05, 3.63) is 84.4 Å². The number of fused-ring (bicyclic) bond motifs is 1. The maximum atomic E-state index is 6.39. The number of rotatable bonds is 10. The number of benzene rings is 2. The molecule has 2 heterocycles. The van der Waals surface area contributed by atoms with Gasteiger partial charge in [0.05, 0.1) is 19.3 Å². The molecule has 31 heavy (non-hydrogen) atoms. The van der Waals surface area contributed by atoms with E-state index in [2.05, 4.69) is 30.8 Å². The molecule has 0 unspecified atom stereocenters. The highest BCUT2D eigenvalue weighted by Crippen LogP contribution is 2.41. The summed E-state index contributed by atoms with van der Waals surface area (Å²) in [7, 11) is 0. The molecule has 5 atom stereocenters. The van der Waals surface area contributed by atoms with E-state index in [1.165, 1.54) is 0 Å². The van der Waals surface area contributed by atoms with Gasteiger partial charge in [0.25, 0.3) is 0 Å². The second-order valence-electron chi connectivity index (χ2n) is 8.53. The maximum absolute atomic E-state index is 6.39. The summed E-state index contributed by atoms with van der Waals surface area (Å²) in [5.74, 6) is -0.698. The lowest BCUT2D eigenvalue weighted by molar-refractivity contribution is -0.235. The zero-order valence-corrected chi connectivity index (χ0v) is 18.3. The summed E-state index contributed by atoms with van der Waals surface area (Å²) >= 11 is 0. The van der Waals surface area contributed by atoms with Crippen molar-refractivity contribution in [2.24, 2.45) is 0 Å². The third-order valence-electron chi connectivity index (χ3n) is 5.64. The van der Waals surface area contributed by atoms with Crippen LogP contribution >= 0.6 is 0 Å². The second kappa shape index (κ2) is 10.1. The molecule has 0 spiro atoms. The SMILES string of the molecule is C=CCC[C@@H](OCc1ccccc1)[C@H]1O[C@@H]2OC(C)(C)O[C@@H]2[C@H]1OCc1ccccc1. The molecule has 2 aliphatic rings. The van der Waals surface area contributed by atoms with E-state index in [1.54, 1.807) is 0 Å². The van der Waals surface area contributed by atoms with Crippen molar-refractivity contribution >= 4 is 0 Å². The van der Waals surface area contributed by atoms with Gasteiger partial charge in [-0.1, -0.05) is 66.7 Å². The second-order valence-corrected chi connectivity index (χ2v) is 8.53. The molecule has 166 valence electrons. The van der Waals surface area contributed by atoms with Crippen molar-refractivity contribution in [1.82, 2.24) is 0 Å². The Kier molecular flexibility index (Phi) is 7.20. The zero-order chi connectivity index (χ0) is 21.7. The minimum absolute atomic E-state index is 0.167. The Hall–Kier alpha value is -2.02. The fourth-order valence-corrected chi connectivity index (χ4v) is 4.16. The highest BCUT2D eigenvalue weighted by atomic mass is 16.8. The molecule has 0 N–H and O–H groups in total. The van der Waals surface area contributed by atoms with Crippen LogP contribution in [0.5, 0.6) is 0 Å². The predicted octanol–water partition coefficient (Wildman–Crippen LogP) is 5.00. The lowest BCUT2D eigenvalue weighted by atomic mass is 10.0. The van der Waals surface area contributed by atoms with Crippen molar-refractivity contribution in [2.45, 2.75) is 76.4 Å². The Bertz CT molecular complexity index is 822. The van der Waals surface area contributed by atoms with Crippen LogP contribution in [0.2, 0.25) is 0 Å². The molecule has 2 saturated heterocycles. The predicted molar refractivity (Wildman–Crippen MR) is 118 cm³/mol. The summed E-state index contributed by atoms with van der Waals surface area (Å²) in [5.41, 5.74) is 2.23. The van der Waals surface area contributed by atoms with Gasteiger partial charge in [0.15, 0.2) is 12.1 Å². The van der Waals surface area contributed by atoms with Crippen molar-refractivity contribution in [1.29, 1.82) is 0 Å². The van der Waals surface area contributed by atoms with E-state index in [0.29, 0.717) is 13.2 Å². The first kappa shape index (κ1) is 22.2. The molecule has 0 aromatic heterocycles. The molecule has 5 heteroatoms. The number of hydrogen-bond acceptors (Lipinski definition) is 5. The van der Waals surface area contributed by atoms with Gasteiger partial charge in [-0.3, -0.25) is 0 Å². The minimum atomic E-state index is -0.698. The van der Waals surface area contributed by atoms with E-state index in [0.717, 1.165) is 24.0 Å². The molecule has 2 aromatic rings. The topological polar surface area (TPSA) is 46.2 Å². The molecule has 0 amide bonds. The smallest absolute Gasteiger partial charge is 0.190 e. The molecule has 2 aliphatic heterocycles. The quantitative estimate of drug-likeness (QED) is 0.502. The van der Waals surface area contributed by atoms with Crippen molar-refractivity contribution in [3.8, 4) is 0 Å². The Labute approximate surface area is 184 Å². The zero-order valence-electron chi connectivity index (χ0n) is 18.3. The standard InChI is InChI=1S/C26H32O5/c1-4-5-16-21(27-17-19-12-8-6-9-13-19)22-23(28-18-20-14-10-7-11-15-20)24-25(29-22)31-26(2,3)30-24/h4,6-15,21-25H,1,5,16-18H2,2-3H3/t21-,22-,23+,24-,25-/m1/s1. The molecule has 0 radical (unpaired) electrons. The van der Waals surface area contributed by atoms with Crippen LogP contribution in [0.4, 0.5) is 0 Å². The number of ether oxygens (including phenoxy) is 5. The molecule has 2 fully saturated rings. The van der Waals surface area contributed by atoms with E-state index in [1.807, 2.05) is 56.3 Å². The summed E-state index contributed by atoms with van der Waals surface area (Å²) in [5, 5.41) is 0. The Morgan fingerprint density at radius 3 is 2.26 bits per heavy atom. The van der Waals surface area contributed by atoms with Crippen LogP contribution in [0, 0.1) is 0 Å². The van der Waals surface area contributed by atoms with Gasteiger partial charge in [-0.2, -0.15) is 0 Å². The highest BCUT2D eigenvalue weighted by molar-refractivity contribution is 5.14. The average molecular weight is 425 g/mol. The fourth-order valence-electron chi connectivity index (χ4n) is 4.16. The van der Waals surface area contributed by atoms with Gasteiger partial charge in [-0.15, -0.1) is 6.58 Å². The van der Waals surface area contributed by atoms with Crippen LogP contribution in [0.15, 0.2) is 73.3 Å². The monoisotopic (exact) mass is 424 g/mol. The molecule has 2 aromatic carbocycles. The first-order chi connectivity index (χ1) is 15.1. The van der Waals surface area contributed by atoms with Crippen LogP contribution < -0.4 is 0 Å². The summed E-state index contributed by atoms with van der Waals surface area (Å²) in [4.78, 5) is 0. The Morgan fingerprint density at radius 1 is 0.968 bits per heavy atom. The normalized spacial score (nSPS) is 27.7. The summed E-state index contributed by atoms with van der Waals surface area (Å²) in [6.45, 7) is 8.66. The number of allylic oxidation sites excluding steroid dienone is 1. The van der Waals surface area contributed by atoms with Crippen LogP contribution in [0.1, 0.15) is 37.8 Å². The van der Waals surface area contributed by atoms with Crippen molar-refractivity contribution < 1.29 is 23.7 Å². The van der Waals surface area contributed by atoms with Crippen LogP contribution in [0.25, 0.3) is 0 Å². The van der Waals surface area contributed by atoms with E-state index in [4.69, 9.17) is 23.7 Å². The van der Waals surface area contributed by atoms with E-state index < -0.39 is 12.1 Å². The van der Waals surface area contributed by atoms with Crippen molar-refractivity contribution in [3.63, 3.8) is 0 Å². The van der Waals surface area contributed by atoms with E-state index in [-0.39, 0.29) is 24.4 Å². The average Bonchev–Trinajstić information content (AvgIpc) is 3.25. The third kappa shape index (κ3) is 5.62. The first-order valence-corrected chi connectivity index (χ1v) is 11.0. The molecule has 0 saturated carbocycles. The van der Waals surface area contributed by atoms with Crippen LogP contribution in [-0.2, 0) is 36.9 Å². The molecular weight excluding hydrogens is 392 g/mol. The Morgan fingerprint density at radius 2 is 1.61 bits per heavy atom. The van der Waals surface area contributed by atoms with E-state index >= 15 is 0 Å². The van der Waals surface area contributed by atoms with Gasteiger partial charge < -0.3 is 23.7 Å². The van der Waals surface area contributed by atoms with Crippen LogP contribution in [-0.4, -0.2) is 36.5 Å². The fraction of sp³-hybridized carbons (Fsp3) is 0.462. The van der Waals surface area contributed by atoms with Gasteiger partial charge >= 0.3 is 0 Å². The summed E-state index contributed by atoms with van der Waals surface area (Å²) in [6, 6.07) is 20.3. The van der Waals surface area contributed by atoms with Gasteiger partial charge in [0.1, 0.15) is 18.3 Å². The molecule has 4 rings (SSSR count). The molecule has 0 bridgehead atoms. The third-order valence-corrected chi connectivity index (χ3v) is 5.64. The maximum Gasteiger partial charge on any atom is 0.190 e. The highest BCUT2D eigenvalue weighted by Gasteiger charge is 2.57. The van der Waals surface area contributed by atoms with Gasteiger partial charge in [0, 0.05) is 0 Å². The molecular formula is C26H32O5. The summed E-state index contributed by atoms with van der Waals surface area (Å²) in [6.07, 6.45) is 2.01. The lowest BCUT2D eigenvalue weighted by Crippen LogP contribution is -2.43. The molecule has 0 aliphatic carbocycles. The van der Waals surface area contributed by atoms with Gasteiger partial charge in [-0.05, 0) is 37.8 Å². The minimum Gasteiger partial charge on any atom is -0.371 e. The molecule has 5 nitrogen and oxygen atoms in total. The van der Waals surface area contributed by atoms with E-state index in [9.17, 15) is 0 Å². The first-order valence-electron chi connectivity index (χ1n) is 11.0.